The molecule has 0 radical (unpaired) electrons. The molecule has 0 saturated carbocycles. The van der Waals surface area contributed by atoms with Crippen LogP contribution < -0.4 is 11.1 Å². The smallest absolute Gasteiger partial charge is 0.352 e. The predicted octanol–water partition coefficient (Wildman–Crippen LogP) is 2.24. The first-order valence-electron chi connectivity index (χ1n) is 9.86. The van der Waals surface area contributed by atoms with Gasteiger partial charge in [-0.25, -0.2) is 4.79 Å². The summed E-state index contributed by atoms with van der Waals surface area (Å²) in [5.41, 5.74) is 7.80. The summed E-state index contributed by atoms with van der Waals surface area (Å²) in [6.07, 6.45) is 1.25. The maximum atomic E-state index is 13.1. The Kier molecular flexibility index (Phi) is 6.79. The molecule has 3 rings (SSSR count). The van der Waals surface area contributed by atoms with Gasteiger partial charge in [0.15, 0.2) is 0 Å². The molecular formula is C21H25ClN4O4. The fourth-order valence-electron chi connectivity index (χ4n) is 3.87. The van der Waals surface area contributed by atoms with Gasteiger partial charge in [0.1, 0.15) is 17.4 Å². The van der Waals surface area contributed by atoms with E-state index in [9.17, 15) is 19.5 Å². The van der Waals surface area contributed by atoms with E-state index in [-0.39, 0.29) is 29.7 Å². The standard InChI is InChI=1S/C21H25ClN4O4/c1-2-25-17(7-8-18(25)21(29)30)20(28)26-9-3-4-16(26)19(27)24-12-14-10-15(22)6-5-13(14)11-23/h5-8,10,16H,2-4,9,11-12,23H2,1H3,(H,24,27)(H,29,30)/t16-/m0/s1. The molecule has 1 aliphatic rings. The van der Waals surface area contributed by atoms with Gasteiger partial charge < -0.3 is 25.6 Å². The molecule has 0 aliphatic carbocycles. The first-order valence-corrected chi connectivity index (χ1v) is 10.2. The number of aromatic nitrogens is 1. The minimum absolute atomic E-state index is 0.0521. The molecule has 1 aliphatic heterocycles. The molecule has 2 aromatic rings. The highest BCUT2D eigenvalue weighted by Gasteiger charge is 2.36. The van der Waals surface area contributed by atoms with E-state index in [0.717, 1.165) is 11.1 Å². The number of benzene rings is 1. The average molecular weight is 433 g/mol. The van der Waals surface area contributed by atoms with Crippen molar-refractivity contribution in [2.75, 3.05) is 6.54 Å². The van der Waals surface area contributed by atoms with Gasteiger partial charge in [0.25, 0.3) is 5.91 Å². The van der Waals surface area contributed by atoms with E-state index < -0.39 is 12.0 Å². The number of aromatic carboxylic acids is 1. The third-order valence-electron chi connectivity index (χ3n) is 5.39. The van der Waals surface area contributed by atoms with Crippen LogP contribution in [0.5, 0.6) is 0 Å². The zero-order valence-electron chi connectivity index (χ0n) is 16.7. The Bertz CT molecular complexity index is 972. The van der Waals surface area contributed by atoms with E-state index in [1.54, 1.807) is 19.1 Å². The molecule has 8 nitrogen and oxygen atoms in total. The average Bonchev–Trinajstić information content (AvgIpc) is 3.38. The fraction of sp³-hybridized carbons (Fsp3) is 0.381. The lowest BCUT2D eigenvalue weighted by molar-refractivity contribution is -0.125. The highest BCUT2D eigenvalue weighted by Crippen LogP contribution is 2.22. The number of amides is 2. The maximum Gasteiger partial charge on any atom is 0.352 e. The van der Waals surface area contributed by atoms with Gasteiger partial charge in [-0.3, -0.25) is 9.59 Å². The van der Waals surface area contributed by atoms with Gasteiger partial charge in [0.2, 0.25) is 5.91 Å². The second kappa shape index (κ2) is 9.32. The van der Waals surface area contributed by atoms with E-state index in [0.29, 0.717) is 37.5 Å². The maximum absolute atomic E-state index is 13.1. The second-order valence-electron chi connectivity index (χ2n) is 7.14. The zero-order valence-corrected chi connectivity index (χ0v) is 17.5. The van der Waals surface area contributed by atoms with Crippen LogP contribution in [0.15, 0.2) is 30.3 Å². The normalized spacial score (nSPS) is 16.0. The molecule has 0 bridgehead atoms. The number of likely N-dealkylation sites (tertiary alicyclic amines) is 1. The zero-order chi connectivity index (χ0) is 21.8. The van der Waals surface area contributed by atoms with Crippen molar-refractivity contribution in [1.29, 1.82) is 0 Å². The first-order chi connectivity index (χ1) is 14.4. The van der Waals surface area contributed by atoms with Crippen LogP contribution in [0.4, 0.5) is 0 Å². The summed E-state index contributed by atoms with van der Waals surface area (Å²) >= 11 is 6.05. The van der Waals surface area contributed by atoms with Crippen molar-refractivity contribution in [3.63, 3.8) is 0 Å². The summed E-state index contributed by atoms with van der Waals surface area (Å²) in [5, 5.41) is 12.8. The number of carbonyl (C=O) groups is 3. The molecule has 1 atom stereocenters. The summed E-state index contributed by atoms with van der Waals surface area (Å²) in [5.74, 6) is -1.69. The monoisotopic (exact) mass is 432 g/mol. The minimum atomic E-state index is -1.09. The summed E-state index contributed by atoms with van der Waals surface area (Å²) in [6, 6.07) is 7.66. The van der Waals surface area contributed by atoms with Gasteiger partial charge in [-0.1, -0.05) is 17.7 Å². The fourth-order valence-corrected chi connectivity index (χ4v) is 4.06. The number of carboxylic acids is 1. The molecule has 9 heteroatoms. The Morgan fingerprint density at radius 2 is 1.93 bits per heavy atom. The number of carboxylic acid groups (broad SMARTS) is 1. The summed E-state index contributed by atoms with van der Waals surface area (Å²) in [4.78, 5) is 38.8. The number of nitrogens with zero attached hydrogens (tertiary/aromatic N) is 2. The Hall–Kier alpha value is -2.84. The van der Waals surface area contributed by atoms with Crippen molar-refractivity contribution in [1.82, 2.24) is 14.8 Å². The molecule has 2 amide bonds. The third kappa shape index (κ3) is 4.34. The Balaban J connectivity index is 1.74. The van der Waals surface area contributed by atoms with Crippen LogP contribution >= 0.6 is 11.6 Å². The molecule has 0 unspecified atom stereocenters. The molecule has 30 heavy (non-hydrogen) atoms. The highest BCUT2D eigenvalue weighted by molar-refractivity contribution is 6.30. The van der Waals surface area contributed by atoms with Gasteiger partial charge in [-0.15, -0.1) is 0 Å². The predicted molar refractivity (Wildman–Crippen MR) is 112 cm³/mol. The third-order valence-corrected chi connectivity index (χ3v) is 5.63. The molecule has 1 aromatic carbocycles. The van der Waals surface area contributed by atoms with Crippen LogP contribution in [-0.2, 0) is 24.4 Å². The van der Waals surface area contributed by atoms with E-state index in [1.807, 2.05) is 6.07 Å². The number of hydrogen-bond donors (Lipinski definition) is 3. The number of nitrogens with one attached hydrogen (secondary N) is 1. The number of halogens is 1. The van der Waals surface area contributed by atoms with E-state index in [1.165, 1.54) is 21.6 Å². The van der Waals surface area contributed by atoms with Gasteiger partial charge in [0.05, 0.1) is 0 Å². The second-order valence-corrected chi connectivity index (χ2v) is 7.58. The minimum Gasteiger partial charge on any atom is -0.477 e. The van der Waals surface area contributed by atoms with Crippen molar-refractivity contribution < 1.29 is 19.5 Å². The number of carbonyl (C=O) groups excluding carboxylic acids is 2. The molecule has 2 heterocycles. The van der Waals surface area contributed by atoms with E-state index >= 15 is 0 Å². The number of rotatable bonds is 7. The lowest BCUT2D eigenvalue weighted by atomic mass is 10.1. The SMILES string of the molecule is CCn1c(C(=O)O)ccc1C(=O)N1CCC[C@H]1C(=O)NCc1cc(Cl)ccc1CN. The molecule has 160 valence electrons. The van der Waals surface area contributed by atoms with Crippen molar-refractivity contribution >= 4 is 29.4 Å². The van der Waals surface area contributed by atoms with Crippen LogP contribution in [0.1, 0.15) is 51.9 Å². The van der Waals surface area contributed by atoms with Crippen molar-refractivity contribution in [2.24, 2.45) is 5.73 Å². The van der Waals surface area contributed by atoms with Gasteiger partial charge in [0, 0.05) is 31.2 Å². The van der Waals surface area contributed by atoms with Crippen LogP contribution in [0.2, 0.25) is 5.02 Å². The van der Waals surface area contributed by atoms with Gasteiger partial charge in [-0.2, -0.15) is 0 Å². The molecular weight excluding hydrogens is 408 g/mol. The van der Waals surface area contributed by atoms with E-state index in [2.05, 4.69) is 5.32 Å². The summed E-state index contributed by atoms with van der Waals surface area (Å²) in [6.45, 7) is 3.16. The van der Waals surface area contributed by atoms with Gasteiger partial charge in [-0.05, 0) is 55.2 Å². The molecule has 1 saturated heterocycles. The van der Waals surface area contributed by atoms with Crippen molar-refractivity contribution in [2.45, 2.75) is 45.4 Å². The highest BCUT2D eigenvalue weighted by atomic mass is 35.5. The largest absolute Gasteiger partial charge is 0.477 e. The molecule has 1 aromatic heterocycles. The van der Waals surface area contributed by atoms with Crippen molar-refractivity contribution in [3.8, 4) is 0 Å². The number of hydrogen-bond acceptors (Lipinski definition) is 4. The Morgan fingerprint density at radius 3 is 2.60 bits per heavy atom. The first kappa shape index (κ1) is 21.9. The van der Waals surface area contributed by atoms with E-state index in [4.69, 9.17) is 17.3 Å². The summed E-state index contributed by atoms with van der Waals surface area (Å²) in [7, 11) is 0. The van der Waals surface area contributed by atoms with Crippen LogP contribution in [-0.4, -0.2) is 44.9 Å². The lowest BCUT2D eigenvalue weighted by Gasteiger charge is -2.25. The van der Waals surface area contributed by atoms with Gasteiger partial charge >= 0.3 is 5.97 Å². The quantitative estimate of drug-likeness (QED) is 0.620. The van der Waals surface area contributed by atoms with Crippen LogP contribution in [0.3, 0.4) is 0 Å². The Labute approximate surface area is 179 Å². The topological polar surface area (TPSA) is 118 Å². The van der Waals surface area contributed by atoms with Crippen LogP contribution in [0, 0.1) is 0 Å². The van der Waals surface area contributed by atoms with Crippen molar-refractivity contribution in [3.05, 3.63) is 57.9 Å². The Morgan fingerprint density at radius 1 is 1.20 bits per heavy atom. The molecule has 0 spiro atoms. The molecule has 4 N–H and O–H groups in total. The van der Waals surface area contributed by atoms with Crippen LogP contribution in [0.25, 0.3) is 0 Å². The number of nitrogens with two attached hydrogens (primary N) is 1. The lowest BCUT2D eigenvalue weighted by Crippen LogP contribution is -2.46. The summed E-state index contributed by atoms with van der Waals surface area (Å²) < 4.78 is 1.46. The molecule has 1 fully saturated rings.